The van der Waals surface area contributed by atoms with Crippen molar-refractivity contribution in [3.63, 3.8) is 0 Å². The third-order valence-corrected chi connectivity index (χ3v) is 3.78. The lowest BCUT2D eigenvalue weighted by atomic mass is 10.1. The Bertz CT molecular complexity index is 819. The van der Waals surface area contributed by atoms with Crippen molar-refractivity contribution in [2.24, 2.45) is 0 Å². The Kier molecular flexibility index (Phi) is 4.56. The van der Waals surface area contributed by atoms with Crippen molar-refractivity contribution in [3.05, 3.63) is 66.1 Å². The smallest absolute Gasteiger partial charge is 0.160 e. The molecule has 1 atom stereocenters. The molecule has 0 saturated heterocycles. The summed E-state index contributed by atoms with van der Waals surface area (Å²) in [5, 5.41) is 6.50. The van der Waals surface area contributed by atoms with Gasteiger partial charge in [0.15, 0.2) is 11.6 Å². The Morgan fingerprint density at radius 3 is 2.42 bits per heavy atom. The number of nitrogens with two attached hydrogens (primary N) is 1. The largest absolute Gasteiger partial charge is 0.393 e. The molecule has 0 aliphatic heterocycles. The summed E-state index contributed by atoms with van der Waals surface area (Å²) in [6.45, 7) is 4.04. The Labute approximate surface area is 141 Å². The summed E-state index contributed by atoms with van der Waals surface area (Å²) in [6.07, 6.45) is 3.21. The van der Waals surface area contributed by atoms with Crippen LogP contribution in [0.5, 0.6) is 0 Å². The van der Waals surface area contributed by atoms with Crippen molar-refractivity contribution in [1.29, 1.82) is 0 Å². The number of aryl methyl sites for hydroxylation is 1. The van der Waals surface area contributed by atoms with Gasteiger partial charge in [-0.05, 0) is 31.0 Å². The highest BCUT2D eigenvalue weighted by atomic mass is 15.1. The maximum Gasteiger partial charge on any atom is 0.160 e. The zero-order chi connectivity index (χ0) is 16.9. The Morgan fingerprint density at radius 1 is 0.917 bits per heavy atom. The summed E-state index contributed by atoms with van der Waals surface area (Å²) >= 11 is 0. The zero-order valence-electron chi connectivity index (χ0n) is 13.7. The first-order chi connectivity index (χ1) is 11.6. The van der Waals surface area contributed by atoms with Gasteiger partial charge in [-0.3, -0.25) is 0 Å². The van der Waals surface area contributed by atoms with Crippen molar-refractivity contribution in [3.8, 4) is 0 Å². The summed E-state index contributed by atoms with van der Waals surface area (Å²) < 4.78 is 0. The first-order valence-electron chi connectivity index (χ1n) is 7.75. The van der Waals surface area contributed by atoms with Gasteiger partial charge in [0.05, 0.1) is 6.04 Å². The van der Waals surface area contributed by atoms with Crippen molar-refractivity contribution >= 4 is 23.1 Å². The number of nitrogens with one attached hydrogen (secondary N) is 2. The van der Waals surface area contributed by atoms with Gasteiger partial charge in [0.2, 0.25) is 0 Å². The van der Waals surface area contributed by atoms with Gasteiger partial charge in [-0.15, -0.1) is 0 Å². The lowest BCUT2D eigenvalue weighted by Gasteiger charge is -2.17. The fraction of sp³-hybridized carbons (Fsp3) is 0.167. The van der Waals surface area contributed by atoms with E-state index in [1.165, 1.54) is 6.33 Å². The molecular weight excluding hydrogens is 300 g/mol. The number of anilines is 4. The predicted octanol–water partition coefficient (Wildman–Crippen LogP) is 3.68. The van der Waals surface area contributed by atoms with Gasteiger partial charge < -0.3 is 16.4 Å². The quantitative estimate of drug-likeness (QED) is 0.664. The van der Waals surface area contributed by atoms with Gasteiger partial charge in [0.25, 0.3) is 0 Å². The molecule has 24 heavy (non-hydrogen) atoms. The number of aromatic nitrogens is 3. The minimum Gasteiger partial charge on any atom is -0.393 e. The van der Waals surface area contributed by atoms with E-state index in [0.717, 1.165) is 16.9 Å². The number of pyridine rings is 1. The Morgan fingerprint density at radius 2 is 1.67 bits per heavy atom. The molecule has 0 spiro atoms. The van der Waals surface area contributed by atoms with Crippen LogP contribution in [-0.4, -0.2) is 15.0 Å². The molecule has 0 aliphatic carbocycles. The summed E-state index contributed by atoms with van der Waals surface area (Å²) in [6, 6.07) is 14.1. The monoisotopic (exact) mass is 320 g/mol. The number of benzene rings is 1. The normalized spacial score (nSPS) is 11.8. The standard InChI is InChI=1S/C18H20N6/c1-12-7-6-10-20-16(12)24-18-15(19)17(21-11-22-18)23-13(2)14-8-4-3-5-9-14/h3-11,13H,19H2,1-2H3,(H2,20,21,22,23,24). The molecule has 6 nitrogen and oxygen atoms in total. The molecule has 122 valence electrons. The number of nitrogens with zero attached hydrogens (tertiary/aromatic N) is 3. The van der Waals surface area contributed by atoms with Crippen LogP contribution in [0.4, 0.5) is 23.1 Å². The number of hydrogen-bond acceptors (Lipinski definition) is 6. The van der Waals surface area contributed by atoms with E-state index in [2.05, 4.69) is 44.6 Å². The number of hydrogen-bond donors (Lipinski definition) is 3. The van der Waals surface area contributed by atoms with Crippen LogP contribution in [0.15, 0.2) is 55.0 Å². The van der Waals surface area contributed by atoms with Crippen molar-refractivity contribution in [1.82, 2.24) is 15.0 Å². The molecule has 0 bridgehead atoms. The van der Waals surface area contributed by atoms with E-state index in [1.807, 2.05) is 37.3 Å². The molecule has 0 radical (unpaired) electrons. The fourth-order valence-electron chi connectivity index (χ4n) is 2.37. The minimum absolute atomic E-state index is 0.0767. The molecule has 0 amide bonds. The van der Waals surface area contributed by atoms with Gasteiger partial charge in [-0.1, -0.05) is 36.4 Å². The first kappa shape index (κ1) is 15.7. The molecular formula is C18H20N6. The van der Waals surface area contributed by atoms with Crippen molar-refractivity contribution in [2.45, 2.75) is 19.9 Å². The predicted molar refractivity (Wildman–Crippen MR) is 97.2 cm³/mol. The second-order valence-electron chi connectivity index (χ2n) is 5.56. The van der Waals surface area contributed by atoms with Crippen LogP contribution in [0.2, 0.25) is 0 Å². The second kappa shape index (κ2) is 6.95. The molecule has 0 fully saturated rings. The van der Waals surface area contributed by atoms with Crippen LogP contribution in [0.3, 0.4) is 0 Å². The number of rotatable bonds is 5. The van der Waals surface area contributed by atoms with Gasteiger partial charge in [-0.2, -0.15) is 0 Å². The van der Waals surface area contributed by atoms with Gasteiger partial charge in [-0.25, -0.2) is 15.0 Å². The molecule has 2 heterocycles. The fourth-order valence-corrected chi connectivity index (χ4v) is 2.37. The van der Waals surface area contributed by atoms with E-state index in [1.54, 1.807) is 6.20 Å². The number of nitrogen functional groups attached to an aromatic ring is 1. The van der Waals surface area contributed by atoms with Crippen LogP contribution < -0.4 is 16.4 Å². The van der Waals surface area contributed by atoms with Gasteiger partial charge >= 0.3 is 0 Å². The third kappa shape index (κ3) is 3.43. The summed E-state index contributed by atoms with van der Waals surface area (Å²) in [5.74, 6) is 1.86. The summed E-state index contributed by atoms with van der Waals surface area (Å²) in [7, 11) is 0. The van der Waals surface area contributed by atoms with Crippen LogP contribution in [-0.2, 0) is 0 Å². The average molecular weight is 320 g/mol. The summed E-state index contributed by atoms with van der Waals surface area (Å²) in [4.78, 5) is 12.8. The molecule has 3 aromatic rings. The van der Waals surface area contributed by atoms with Crippen LogP contribution in [0, 0.1) is 6.92 Å². The van der Waals surface area contributed by atoms with E-state index in [0.29, 0.717) is 17.3 Å². The first-order valence-corrected chi connectivity index (χ1v) is 7.75. The van der Waals surface area contributed by atoms with Crippen LogP contribution >= 0.6 is 0 Å². The minimum atomic E-state index is 0.0767. The third-order valence-electron chi connectivity index (χ3n) is 3.78. The Hall–Kier alpha value is -3.15. The lowest BCUT2D eigenvalue weighted by Crippen LogP contribution is -2.12. The lowest BCUT2D eigenvalue weighted by molar-refractivity contribution is 0.873. The molecule has 2 aromatic heterocycles. The highest BCUT2D eigenvalue weighted by Gasteiger charge is 2.12. The van der Waals surface area contributed by atoms with E-state index in [4.69, 9.17) is 5.73 Å². The van der Waals surface area contributed by atoms with E-state index < -0.39 is 0 Å². The summed E-state index contributed by atoms with van der Waals surface area (Å²) in [5.41, 5.74) is 8.87. The van der Waals surface area contributed by atoms with Gasteiger partial charge in [0, 0.05) is 6.20 Å². The highest BCUT2D eigenvalue weighted by Crippen LogP contribution is 2.28. The highest BCUT2D eigenvalue weighted by molar-refractivity contribution is 5.77. The Balaban J connectivity index is 1.82. The van der Waals surface area contributed by atoms with E-state index in [9.17, 15) is 0 Å². The maximum absolute atomic E-state index is 6.23. The van der Waals surface area contributed by atoms with Gasteiger partial charge in [0.1, 0.15) is 17.8 Å². The van der Waals surface area contributed by atoms with Crippen molar-refractivity contribution in [2.75, 3.05) is 16.4 Å². The van der Waals surface area contributed by atoms with Crippen LogP contribution in [0.1, 0.15) is 24.1 Å². The molecule has 1 aromatic carbocycles. The zero-order valence-corrected chi connectivity index (χ0v) is 13.7. The SMILES string of the molecule is Cc1cccnc1Nc1ncnc(NC(C)c2ccccc2)c1N. The molecule has 0 saturated carbocycles. The van der Waals surface area contributed by atoms with Crippen molar-refractivity contribution < 1.29 is 0 Å². The van der Waals surface area contributed by atoms with E-state index >= 15 is 0 Å². The molecule has 0 aliphatic rings. The molecule has 6 heteroatoms. The molecule has 1 unspecified atom stereocenters. The van der Waals surface area contributed by atoms with Crippen LogP contribution in [0.25, 0.3) is 0 Å². The molecule has 4 N–H and O–H groups in total. The van der Waals surface area contributed by atoms with E-state index in [-0.39, 0.29) is 6.04 Å². The maximum atomic E-state index is 6.23. The topological polar surface area (TPSA) is 88.8 Å². The molecule has 3 rings (SSSR count). The second-order valence-corrected chi connectivity index (χ2v) is 5.56. The average Bonchev–Trinajstić information content (AvgIpc) is 2.61.